The number of alkyl halides is 2. The molecule has 0 spiro atoms. The standard InChI is InChI=1S/C9H6F2/c1-2-7-5-3-4-6-8(7)9(10)11/h1,3-6,9H. The molecule has 0 bridgehead atoms. The molecule has 0 amide bonds. The van der Waals surface area contributed by atoms with E-state index in [-0.39, 0.29) is 11.1 Å². The Hall–Kier alpha value is -1.36. The molecule has 0 saturated carbocycles. The molecule has 0 atom stereocenters. The maximum atomic E-state index is 12.1. The lowest BCUT2D eigenvalue weighted by molar-refractivity contribution is 0.151. The second kappa shape index (κ2) is 3.16. The molecule has 11 heavy (non-hydrogen) atoms. The van der Waals surface area contributed by atoms with Crippen LogP contribution in [-0.4, -0.2) is 0 Å². The van der Waals surface area contributed by atoms with Crippen molar-refractivity contribution in [3.8, 4) is 12.3 Å². The van der Waals surface area contributed by atoms with Crippen LogP contribution in [-0.2, 0) is 0 Å². The Labute approximate surface area is 63.9 Å². The molecule has 0 fully saturated rings. The van der Waals surface area contributed by atoms with Gasteiger partial charge in [0.15, 0.2) is 0 Å². The molecule has 0 saturated heterocycles. The fraction of sp³-hybridized carbons (Fsp3) is 0.111. The monoisotopic (exact) mass is 152 g/mol. The van der Waals surface area contributed by atoms with Gasteiger partial charge in [-0.15, -0.1) is 6.42 Å². The maximum Gasteiger partial charge on any atom is 0.265 e. The molecule has 1 aromatic carbocycles. The van der Waals surface area contributed by atoms with Gasteiger partial charge in [0.1, 0.15) is 0 Å². The highest BCUT2D eigenvalue weighted by Crippen LogP contribution is 2.21. The summed E-state index contributed by atoms with van der Waals surface area (Å²) >= 11 is 0. The van der Waals surface area contributed by atoms with Gasteiger partial charge in [0.2, 0.25) is 0 Å². The Morgan fingerprint density at radius 2 is 1.91 bits per heavy atom. The highest BCUT2D eigenvalue weighted by atomic mass is 19.3. The third-order valence-corrected chi connectivity index (χ3v) is 1.35. The number of hydrogen-bond acceptors (Lipinski definition) is 0. The Kier molecular flexibility index (Phi) is 2.22. The second-order valence-electron chi connectivity index (χ2n) is 2.03. The van der Waals surface area contributed by atoms with Crippen LogP contribution in [0.25, 0.3) is 0 Å². The third-order valence-electron chi connectivity index (χ3n) is 1.35. The summed E-state index contributed by atoms with van der Waals surface area (Å²) in [6, 6.07) is 6.02. The van der Waals surface area contributed by atoms with Gasteiger partial charge in [0, 0.05) is 11.1 Å². The molecule has 2 heteroatoms. The van der Waals surface area contributed by atoms with E-state index >= 15 is 0 Å². The fourth-order valence-corrected chi connectivity index (χ4v) is 0.819. The molecule has 0 aromatic heterocycles. The average Bonchev–Trinajstić information content (AvgIpc) is 2.04. The SMILES string of the molecule is C#Cc1ccccc1C(F)F. The van der Waals surface area contributed by atoms with Gasteiger partial charge >= 0.3 is 0 Å². The zero-order valence-electron chi connectivity index (χ0n) is 5.72. The Morgan fingerprint density at radius 3 is 2.36 bits per heavy atom. The lowest BCUT2D eigenvalue weighted by atomic mass is 10.1. The smallest absolute Gasteiger partial charge is 0.205 e. The normalized spacial score (nSPS) is 9.64. The molecule has 0 aliphatic rings. The number of benzene rings is 1. The maximum absolute atomic E-state index is 12.1. The van der Waals surface area contributed by atoms with Crippen molar-refractivity contribution in [2.24, 2.45) is 0 Å². The van der Waals surface area contributed by atoms with E-state index < -0.39 is 6.43 Å². The lowest BCUT2D eigenvalue weighted by Crippen LogP contribution is -1.88. The van der Waals surface area contributed by atoms with E-state index in [1.807, 2.05) is 0 Å². The molecule has 0 heterocycles. The predicted octanol–water partition coefficient (Wildman–Crippen LogP) is 2.61. The quantitative estimate of drug-likeness (QED) is 0.542. The first-order chi connectivity index (χ1) is 5.25. The minimum absolute atomic E-state index is 0.0741. The van der Waals surface area contributed by atoms with Crippen LogP contribution in [0.15, 0.2) is 24.3 Å². The van der Waals surface area contributed by atoms with Crippen molar-refractivity contribution in [3.63, 3.8) is 0 Å². The van der Waals surface area contributed by atoms with Crippen LogP contribution in [0.4, 0.5) is 8.78 Å². The Bertz CT molecular complexity index is 284. The molecular formula is C9H6F2. The van der Waals surface area contributed by atoms with Gasteiger partial charge in [-0.2, -0.15) is 0 Å². The summed E-state index contributed by atoms with van der Waals surface area (Å²) in [7, 11) is 0. The van der Waals surface area contributed by atoms with Crippen LogP contribution in [0.3, 0.4) is 0 Å². The van der Waals surface area contributed by atoms with E-state index in [2.05, 4.69) is 5.92 Å². The lowest BCUT2D eigenvalue weighted by Gasteiger charge is -2.00. The summed E-state index contributed by atoms with van der Waals surface area (Å²) in [5.41, 5.74) is 0.192. The zero-order valence-corrected chi connectivity index (χ0v) is 5.72. The first kappa shape index (κ1) is 7.74. The van der Waals surface area contributed by atoms with Crippen LogP contribution in [0, 0.1) is 12.3 Å². The largest absolute Gasteiger partial charge is 0.265 e. The highest BCUT2D eigenvalue weighted by Gasteiger charge is 2.09. The van der Waals surface area contributed by atoms with Crippen LogP contribution in [0.2, 0.25) is 0 Å². The molecule has 1 aromatic rings. The second-order valence-corrected chi connectivity index (χ2v) is 2.03. The van der Waals surface area contributed by atoms with Crippen molar-refractivity contribution in [1.82, 2.24) is 0 Å². The fourth-order valence-electron chi connectivity index (χ4n) is 0.819. The highest BCUT2D eigenvalue weighted by molar-refractivity contribution is 5.40. The molecule has 0 unspecified atom stereocenters. The van der Waals surface area contributed by atoms with E-state index in [1.165, 1.54) is 12.1 Å². The van der Waals surface area contributed by atoms with Crippen molar-refractivity contribution < 1.29 is 8.78 Å². The first-order valence-corrected chi connectivity index (χ1v) is 3.09. The first-order valence-electron chi connectivity index (χ1n) is 3.09. The van der Waals surface area contributed by atoms with Crippen LogP contribution < -0.4 is 0 Å². The molecule has 0 N–H and O–H groups in total. The van der Waals surface area contributed by atoms with Crippen molar-refractivity contribution in [2.75, 3.05) is 0 Å². The number of rotatable bonds is 1. The van der Waals surface area contributed by atoms with E-state index in [1.54, 1.807) is 12.1 Å². The van der Waals surface area contributed by atoms with Gasteiger partial charge in [-0.05, 0) is 6.07 Å². The number of halogens is 2. The Morgan fingerprint density at radius 1 is 1.27 bits per heavy atom. The number of hydrogen-bond donors (Lipinski definition) is 0. The molecule has 0 nitrogen and oxygen atoms in total. The summed E-state index contributed by atoms with van der Waals surface area (Å²) in [5.74, 6) is 2.20. The molecule has 0 aliphatic heterocycles. The summed E-state index contributed by atoms with van der Waals surface area (Å²) in [6.45, 7) is 0. The summed E-state index contributed by atoms with van der Waals surface area (Å²) < 4.78 is 24.2. The predicted molar refractivity (Wildman–Crippen MR) is 39.3 cm³/mol. The van der Waals surface area contributed by atoms with Gasteiger partial charge in [-0.1, -0.05) is 24.1 Å². The minimum Gasteiger partial charge on any atom is -0.205 e. The van der Waals surface area contributed by atoms with Crippen LogP contribution in [0.1, 0.15) is 17.6 Å². The Balaban J connectivity index is 3.15. The van der Waals surface area contributed by atoms with Crippen LogP contribution in [0.5, 0.6) is 0 Å². The molecule has 56 valence electrons. The third kappa shape index (κ3) is 1.56. The van der Waals surface area contributed by atoms with E-state index in [0.29, 0.717) is 0 Å². The van der Waals surface area contributed by atoms with Gasteiger partial charge in [-0.25, -0.2) is 8.78 Å². The molecule has 0 radical (unpaired) electrons. The minimum atomic E-state index is -2.48. The van der Waals surface area contributed by atoms with Crippen LogP contribution >= 0.6 is 0 Å². The summed E-state index contributed by atoms with van der Waals surface area (Å²) in [4.78, 5) is 0. The molecule has 0 aliphatic carbocycles. The molecule has 1 rings (SSSR count). The van der Waals surface area contributed by atoms with Crippen molar-refractivity contribution in [3.05, 3.63) is 35.4 Å². The van der Waals surface area contributed by atoms with Crippen molar-refractivity contribution in [2.45, 2.75) is 6.43 Å². The van der Waals surface area contributed by atoms with Crippen molar-refractivity contribution in [1.29, 1.82) is 0 Å². The summed E-state index contributed by atoms with van der Waals surface area (Å²) in [5, 5.41) is 0. The van der Waals surface area contributed by atoms with Gasteiger partial charge < -0.3 is 0 Å². The zero-order chi connectivity index (χ0) is 8.27. The van der Waals surface area contributed by atoms with Gasteiger partial charge in [0.25, 0.3) is 6.43 Å². The summed E-state index contributed by atoms with van der Waals surface area (Å²) in [6.07, 6.45) is 2.52. The van der Waals surface area contributed by atoms with E-state index in [9.17, 15) is 8.78 Å². The van der Waals surface area contributed by atoms with E-state index in [0.717, 1.165) is 0 Å². The van der Waals surface area contributed by atoms with Gasteiger partial charge in [-0.3, -0.25) is 0 Å². The van der Waals surface area contributed by atoms with Crippen molar-refractivity contribution >= 4 is 0 Å². The number of terminal acetylenes is 1. The van der Waals surface area contributed by atoms with E-state index in [4.69, 9.17) is 6.42 Å². The topological polar surface area (TPSA) is 0 Å². The van der Waals surface area contributed by atoms with Gasteiger partial charge in [0.05, 0.1) is 0 Å². The average molecular weight is 152 g/mol. The molecular weight excluding hydrogens is 146 g/mol.